The summed E-state index contributed by atoms with van der Waals surface area (Å²) in [7, 11) is 4.71. The third-order valence-electron chi connectivity index (χ3n) is 4.06. The summed E-state index contributed by atoms with van der Waals surface area (Å²) in [6, 6.07) is 1.83. The number of rotatable bonds is 6. The van der Waals surface area contributed by atoms with Crippen LogP contribution < -0.4 is 19.5 Å². The quantitative estimate of drug-likeness (QED) is 0.540. The van der Waals surface area contributed by atoms with Crippen molar-refractivity contribution in [3.8, 4) is 17.2 Å². The second kappa shape index (κ2) is 6.88. The summed E-state index contributed by atoms with van der Waals surface area (Å²) in [6.07, 6.45) is 3.38. The number of fused-ring (bicyclic) bond motifs is 2. The molecule has 4 aromatic rings. The maximum Gasteiger partial charge on any atom is 0.212 e. The first-order valence-electron chi connectivity index (χ1n) is 8.13. The smallest absolute Gasteiger partial charge is 0.212 e. The largest absolute Gasteiger partial charge is 0.493 e. The van der Waals surface area contributed by atoms with Crippen molar-refractivity contribution in [1.82, 2.24) is 24.6 Å². The van der Waals surface area contributed by atoms with Gasteiger partial charge >= 0.3 is 0 Å². The van der Waals surface area contributed by atoms with E-state index in [2.05, 4.69) is 25.4 Å². The average Bonchev–Trinajstić information content (AvgIpc) is 3.21. The van der Waals surface area contributed by atoms with Crippen molar-refractivity contribution < 1.29 is 14.2 Å². The molecule has 27 heavy (non-hydrogen) atoms. The van der Waals surface area contributed by atoms with Crippen LogP contribution in [0.15, 0.2) is 18.6 Å². The molecule has 0 saturated carbocycles. The summed E-state index contributed by atoms with van der Waals surface area (Å²) in [5, 5.41) is 9.43. The third kappa shape index (κ3) is 2.97. The van der Waals surface area contributed by atoms with E-state index in [1.54, 1.807) is 37.2 Å². The van der Waals surface area contributed by atoms with Crippen molar-refractivity contribution in [2.45, 2.75) is 13.5 Å². The van der Waals surface area contributed by atoms with Gasteiger partial charge in [-0.15, -0.1) is 0 Å². The molecule has 3 aromatic heterocycles. The molecule has 4 rings (SSSR count). The number of aryl methyl sites for hydroxylation is 1. The number of imidazole rings is 1. The number of benzene rings is 1. The first kappa shape index (κ1) is 17.3. The van der Waals surface area contributed by atoms with Crippen LogP contribution in [0.25, 0.3) is 15.9 Å². The molecule has 0 saturated heterocycles. The lowest BCUT2D eigenvalue weighted by Gasteiger charge is -2.15. The van der Waals surface area contributed by atoms with E-state index in [0.717, 1.165) is 21.0 Å². The van der Waals surface area contributed by atoms with E-state index >= 15 is 0 Å². The summed E-state index contributed by atoms with van der Waals surface area (Å²) >= 11 is 1.55. The number of hydrogen-bond donors (Lipinski definition) is 1. The Hall–Kier alpha value is -3.14. The molecule has 0 aliphatic carbocycles. The van der Waals surface area contributed by atoms with Crippen LogP contribution >= 0.6 is 11.3 Å². The van der Waals surface area contributed by atoms with Crippen molar-refractivity contribution in [1.29, 1.82) is 0 Å². The van der Waals surface area contributed by atoms with Gasteiger partial charge in [0.15, 0.2) is 11.5 Å². The zero-order valence-corrected chi connectivity index (χ0v) is 16.1. The predicted molar refractivity (Wildman–Crippen MR) is 102 cm³/mol. The second-order valence-corrected chi connectivity index (χ2v) is 6.86. The zero-order valence-electron chi connectivity index (χ0n) is 15.3. The van der Waals surface area contributed by atoms with Crippen molar-refractivity contribution in [3.05, 3.63) is 29.3 Å². The number of methoxy groups -OCH3 is 3. The second-order valence-electron chi connectivity index (χ2n) is 5.70. The molecule has 0 spiro atoms. The van der Waals surface area contributed by atoms with Crippen molar-refractivity contribution in [2.75, 3.05) is 26.6 Å². The van der Waals surface area contributed by atoms with E-state index in [1.165, 1.54) is 6.33 Å². The van der Waals surface area contributed by atoms with Gasteiger partial charge in [-0.3, -0.25) is 0 Å². The monoisotopic (exact) mass is 386 g/mol. The van der Waals surface area contributed by atoms with Crippen LogP contribution in [-0.2, 0) is 6.54 Å². The molecule has 1 aromatic carbocycles. The number of nitrogens with one attached hydrogen (secondary N) is 1. The van der Waals surface area contributed by atoms with Crippen molar-refractivity contribution in [2.24, 2.45) is 0 Å². The number of hydrogen-bond acceptors (Lipinski definition) is 9. The summed E-state index contributed by atoms with van der Waals surface area (Å²) in [6.45, 7) is 2.46. The molecule has 0 aliphatic heterocycles. The highest BCUT2D eigenvalue weighted by Crippen LogP contribution is 2.43. The fourth-order valence-electron chi connectivity index (χ4n) is 2.91. The topological polar surface area (TPSA) is 95.7 Å². The maximum atomic E-state index is 5.50. The van der Waals surface area contributed by atoms with E-state index in [9.17, 15) is 0 Å². The molecule has 0 unspecified atom stereocenters. The molecule has 9 nitrogen and oxygen atoms in total. The average molecular weight is 386 g/mol. The Morgan fingerprint density at radius 3 is 2.63 bits per heavy atom. The molecule has 0 amide bonds. The first-order valence-corrected chi connectivity index (χ1v) is 8.95. The van der Waals surface area contributed by atoms with E-state index < -0.39 is 0 Å². The lowest BCUT2D eigenvalue weighted by Crippen LogP contribution is -2.04. The minimum Gasteiger partial charge on any atom is -0.493 e. The van der Waals surface area contributed by atoms with Gasteiger partial charge < -0.3 is 19.5 Å². The molecular formula is C17H18N6O3S. The Bertz CT molecular complexity index is 1090. The highest BCUT2D eigenvalue weighted by atomic mass is 32.1. The summed E-state index contributed by atoms with van der Waals surface area (Å²) in [5.74, 6) is 2.19. The lowest BCUT2D eigenvalue weighted by molar-refractivity contribution is 0.327. The number of ether oxygens (including phenoxy) is 3. The van der Waals surface area contributed by atoms with Crippen LogP contribution in [0.5, 0.6) is 17.2 Å². The van der Waals surface area contributed by atoms with E-state index in [-0.39, 0.29) is 0 Å². The van der Waals surface area contributed by atoms with Gasteiger partial charge in [0, 0.05) is 0 Å². The number of nitrogens with zero attached hydrogens (tertiary/aromatic N) is 5. The van der Waals surface area contributed by atoms with Crippen molar-refractivity contribution in [3.63, 3.8) is 0 Å². The fourth-order valence-corrected chi connectivity index (χ4v) is 3.65. The number of anilines is 1. The molecular weight excluding hydrogens is 368 g/mol. The summed E-state index contributed by atoms with van der Waals surface area (Å²) in [4.78, 5) is 14.1. The predicted octanol–water partition coefficient (Wildman–Crippen LogP) is 2.68. The van der Waals surface area contributed by atoms with Gasteiger partial charge in [-0.25, -0.2) is 19.5 Å². The van der Waals surface area contributed by atoms with Crippen LogP contribution in [0.3, 0.4) is 0 Å². The molecule has 3 heterocycles. The maximum absolute atomic E-state index is 5.50. The third-order valence-corrected chi connectivity index (χ3v) is 4.90. The Morgan fingerprint density at radius 1 is 1.11 bits per heavy atom. The van der Waals surface area contributed by atoms with Gasteiger partial charge in [0.1, 0.15) is 22.7 Å². The minimum atomic E-state index is 0.493. The highest BCUT2D eigenvalue weighted by Gasteiger charge is 2.19. The van der Waals surface area contributed by atoms with Crippen LogP contribution in [0.2, 0.25) is 0 Å². The highest BCUT2D eigenvalue weighted by molar-refractivity contribution is 7.16. The Balaban J connectivity index is 1.71. The molecule has 140 valence electrons. The minimum absolute atomic E-state index is 0.493. The van der Waals surface area contributed by atoms with Crippen LogP contribution in [0.1, 0.15) is 10.7 Å². The first-order chi connectivity index (χ1) is 13.1. The molecule has 0 fully saturated rings. The van der Waals surface area contributed by atoms with E-state index in [0.29, 0.717) is 35.1 Å². The molecule has 0 atom stereocenters. The van der Waals surface area contributed by atoms with Crippen molar-refractivity contribution >= 4 is 33.0 Å². The van der Waals surface area contributed by atoms with Crippen LogP contribution in [-0.4, -0.2) is 45.9 Å². The van der Waals surface area contributed by atoms with E-state index in [4.69, 9.17) is 14.2 Å². The van der Waals surface area contributed by atoms with Gasteiger partial charge in [0.25, 0.3) is 0 Å². The molecule has 0 bridgehead atoms. The zero-order chi connectivity index (χ0) is 19.0. The lowest BCUT2D eigenvalue weighted by atomic mass is 10.2. The molecule has 1 N–H and O–H groups in total. The number of aromatic nitrogens is 5. The van der Waals surface area contributed by atoms with Gasteiger partial charge in [0.05, 0.1) is 45.2 Å². The molecule has 10 heteroatoms. The summed E-state index contributed by atoms with van der Waals surface area (Å²) in [5.41, 5.74) is 1.50. The Labute approximate surface area is 158 Å². The fraction of sp³-hybridized carbons (Fsp3) is 0.294. The Morgan fingerprint density at radius 2 is 1.93 bits per heavy atom. The Kier molecular flexibility index (Phi) is 4.40. The van der Waals surface area contributed by atoms with Gasteiger partial charge in [-0.05, 0) is 13.0 Å². The molecule has 0 aliphatic rings. The standard InChI is InChI=1S/C17H18N6O3S/c1-9-22-23-7-10(21-17(23)27-9)6-18-16-11-5-12(24-2)14(25-3)15(26-4)13(11)19-8-20-16/h5,7-8H,6H2,1-4H3,(H,18,19,20). The van der Waals surface area contributed by atoms with Gasteiger partial charge in [-0.1, -0.05) is 11.3 Å². The normalized spacial score (nSPS) is 11.1. The van der Waals surface area contributed by atoms with Crippen LogP contribution in [0.4, 0.5) is 5.82 Å². The SMILES string of the molecule is COc1cc2c(NCc3cn4nc(C)sc4n3)ncnc2c(OC)c1OC. The van der Waals surface area contributed by atoms with Gasteiger partial charge in [0.2, 0.25) is 10.7 Å². The molecule has 0 radical (unpaired) electrons. The van der Waals surface area contributed by atoms with Crippen LogP contribution in [0, 0.1) is 6.92 Å². The van der Waals surface area contributed by atoms with Gasteiger partial charge in [-0.2, -0.15) is 5.10 Å². The summed E-state index contributed by atoms with van der Waals surface area (Å²) < 4.78 is 18.1. The van der Waals surface area contributed by atoms with E-state index in [1.807, 2.05) is 19.2 Å².